The Morgan fingerprint density at radius 1 is 1.55 bits per heavy atom. The summed E-state index contributed by atoms with van der Waals surface area (Å²) < 4.78 is 3.82. The topological polar surface area (TPSA) is 76.8 Å². The molecule has 106 valence electrons. The summed E-state index contributed by atoms with van der Waals surface area (Å²) in [4.78, 5) is 16.1. The van der Waals surface area contributed by atoms with Crippen molar-refractivity contribution < 1.29 is 4.79 Å². The molecule has 2 N–H and O–H groups in total. The Labute approximate surface area is 117 Å². The second kappa shape index (κ2) is 5.36. The van der Waals surface area contributed by atoms with Crippen molar-refractivity contribution in [1.29, 1.82) is 0 Å². The van der Waals surface area contributed by atoms with Gasteiger partial charge in [0.15, 0.2) is 0 Å². The fourth-order valence-corrected chi connectivity index (χ4v) is 2.49. The highest BCUT2D eigenvalue weighted by Crippen LogP contribution is 2.18. The van der Waals surface area contributed by atoms with Crippen LogP contribution in [0.3, 0.4) is 0 Å². The number of anilines is 1. The van der Waals surface area contributed by atoms with Crippen molar-refractivity contribution in [2.45, 2.75) is 19.4 Å². The van der Waals surface area contributed by atoms with Crippen LogP contribution in [0.15, 0.2) is 24.8 Å². The van der Waals surface area contributed by atoms with Crippen LogP contribution in [-0.4, -0.2) is 31.9 Å². The average Bonchev–Trinajstić information content (AvgIpc) is 3.04. The predicted octanol–water partition coefficient (Wildman–Crippen LogP) is 1.00. The minimum Gasteiger partial charge on any atom is -0.338 e. The number of carbonyl (C=O) groups is 1. The minimum absolute atomic E-state index is 0.188. The van der Waals surface area contributed by atoms with Crippen LogP contribution in [0.5, 0.6) is 0 Å². The van der Waals surface area contributed by atoms with E-state index in [1.807, 2.05) is 19.4 Å². The van der Waals surface area contributed by atoms with Gasteiger partial charge in [-0.15, -0.1) is 0 Å². The molecule has 0 radical (unpaired) electrons. The molecule has 0 saturated carbocycles. The van der Waals surface area contributed by atoms with Crippen LogP contribution in [-0.2, 0) is 20.0 Å². The Morgan fingerprint density at radius 3 is 3.25 bits per heavy atom. The molecule has 20 heavy (non-hydrogen) atoms. The van der Waals surface area contributed by atoms with Crippen molar-refractivity contribution in [2.75, 3.05) is 11.9 Å². The molecule has 0 unspecified atom stereocenters. The molecule has 0 fully saturated rings. The van der Waals surface area contributed by atoms with E-state index in [1.54, 1.807) is 17.1 Å². The molecule has 2 aromatic heterocycles. The lowest BCUT2D eigenvalue weighted by atomic mass is 9.98. The number of hydrogen-bond donors (Lipinski definition) is 2. The van der Waals surface area contributed by atoms with E-state index in [9.17, 15) is 4.79 Å². The highest BCUT2D eigenvalue weighted by molar-refractivity contribution is 5.88. The van der Waals surface area contributed by atoms with E-state index in [-0.39, 0.29) is 6.03 Å². The van der Waals surface area contributed by atoms with Gasteiger partial charge in [-0.1, -0.05) is 0 Å². The first-order chi connectivity index (χ1) is 9.70. The van der Waals surface area contributed by atoms with Gasteiger partial charge in [0.2, 0.25) is 0 Å². The molecule has 7 heteroatoms. The molecule has 3 heterocycles. The smallest absolute Gasteiger partial charge is 0.319 e. The zero-order valence-corrected chi connectivity index (χ0v) is 11.4. The van der Waals surface area contributed by atoms with E-state index in [0.717, 1.165) is 25.2 Å². The van der Waals surface area contributed by atoms with Crippen LogP contribution in [0.1, 0.15) is 12.2 Å². The molecule has 0 saturated heterocycles. The first-order valence-electron chi connectivity index (χ1n) is 6.74. The van der Waals surface area contributed by atoms with Gasteiger partial charge in [-0.25, -0.2) is 9.78 Å². The SMILES string of the molecule is Cn1cc(NC(=O)NC[C@H]2CCn3ccnc3C2)cn1. The van der Waals surface area contributed by atoms with Gasteiger partial charge in [-0.3, -0.25) is 4.68 Å². The van der Waals surface area contributed by atoms with Crippen LogP contribution in [0.2, 0.25) is 0 Å². The lowest BCUT2D eigenvalue weighted by Crippen LogP contribution is -2.35. The number of nitrogens with one attached hydrogen (secondary N) is 2. The molecule has 0 aromatic carbocycles. The van der Waals surface area contributed by atoms with Crippen molar-refractivity contribution in [3.63, 3.8) is 0 Å². The fourth-order valence-electron chi connectivity index (χ4n) is 2.49. The number of carbonyl (C=O) groups excluding carboxylic acids is 1. The average molecular weight is 274 g/mol. The Kier molecular flexibility index (Phi) is 3.41. The van der Waals surface area contributed by atoms with E-state index >= 15 is 0 Å². The highest BCUT2D eigenvalue weighted by atomic mass is 16.2. The third kappa shape index (κ3) is 2.81. The predicted molar refractivity (Wildman–Crippen MR) is 74.3 cm³/mol. The number of imidazole rings is 1. The van der Waals surface area contributed by atoms with Gasteiger partial charge in [0.1, 0.15) is 5.82 Å². The number of fused-ring (bicyclic) bond motifs is 1. The monoisotopic (exact) mass is 274 g/mol. The van der Waals surface area contributed by atoms with Gasteiger partial charge in [0.05, 0.1) is 11.9 Å². The molecule has 0 aliphatic carbocycles. The summed E-state index contributed by atoms with van der Waals surface area (Å²) in [6, 6.07) is -0.188. The normalized spacial score (nSPS) is 17.6. The Balaban J connectivity index is 1.47. The van der Waals surface area contributed by atoms with Crippen LogP contribution >= 0.6 is 0 Å². The number of aromatic nitrogens is 4. The maximum absolute atomic E-state index is 11.8. The lowest BCUT2D eigenvalue weighted by Gasteiger charge is -2.23. The largest absolute Gasteiger partial charge is 0.338 e. The molecule has 7 nitrogen and oxygen atoms in total. The lowest BCUT2D eigenvalue weighted by molar-refractivity contribution is 0.248. The number of aryl methyl sites for hydroxylation is 2. The minimum atomic E-state index is -0.188. The Hall–Kier alpha value is -2.31. The molecule has 0 spiro atoms. The Bertz CT molecular complexity index is 602. The summed E-state index contributed by atoms with van der Waals surface area (Å²) in [5.74, 6) is 1.56. The van der Waals surface area contributed by atoms with E-state index in [0.29, 0.717) is 18.2 Å². The molecule has 1 aliphatic rings. The maximum atomic E-state index is 11.8. The maximum Gasteiger partial charge on any atom is 0.319 e. The van der Waals surface area contributed by atoms with E-state index in [4.69, 9.17) is 0 Å². The van der Waals surface area contributed by atoms with Gasteiger partial charge in [0, 0.05) is 45.1 Å². The van der Waals surface area contributed by atoms with Crippen molar-refractivity contribution >= 4 is 11.7 Å². The van der Waals surface area contributed by atoms with Gasteiger partial charge in [-0.2, -0.15) is 5.10 Å². The zero-order valence-electron chi connectivity index (χ0n) is 11.4. The van der Waals surface area contributed by atoms with Gasteiger partial charge in [0.25, 0.3) is 0 Å². The van der Waals surface area contributed by atoms with E-state index in [1.165, 1.54) is 0 Å². The molecule has 3 rings (SSSR count). The fraction of sp³-hybridized carbons (Fsp3) is 0.462. The van der Waals surface area contributed by atoms with Gasteiger partial charge < -0.3 is 15.2 Å². The molecular weight excluding hydrogens is 256 g/mol. The molecule has 1 aliphatic heterocycles. The number of hydrogen-bond acceptors (Lipinski definition) is 3. The first-order valence-corrected chi connectivity index (χ1v) is 6.74. The van der Waals surface area contributed by atoms with Crippen LogP contribution in [0.4, 0.5) is 10.5 Å². The van der Waals surface area contributed by atoms with Crippen molar-refractivity contribution in [2.24, 2.45) is 13.0 Å². The zero-order chi connectivity index (χ0) is 13.9. The second-order valence-electron chi connectivity index (χ2n) is 5.13. The number of rotatable bonds is 3. The third-order valence-corrected chi connectivity index (χ3v) is 3.57. The van der Waals surface area contributed by atoms with Crippen molar-refractivity contribution in [3.05, 3.63) is 30.6 Å². The number of amides is 2. The molecule has 0 bridgehead atoms. The molecule has 2 amide bonds. The van der Waals surface area contributed by atoms with E-state index in [2.05, 4.69) is 25.3 Å². The molecule has 2 aromatic rings. The Morgan fingerprint density at radius 2 is 2.45 bits per heavy atom. The van der Waals surface area contributed by atoms with Gasteiger partial charge in [-0.05, 0) is 12.3 Å². The summed E-state index contributed by atoms with van der Waals surface area (Å²) in [7, 11) is 1.81. The van der Waals surface area contributed by atoms with Gasteiger partial charge >= 0.3 is 6.03 Å². The van der Waals surface area contributed by atoms with Crippen molar-refractivity contribution in [3.8, 4) is 0 Å². The summed E-state index contributed by atoms with van der Waals surface area (Å²) in [5, 5.41) is 9.67. The molecular formula is C13H18N6O. The number of nitrogens with zero attached hydrogens (tertiary/aromatic N) is 4. The highest BCUT2D eigenvalue weighted by Gasteiger charge is 2.19. The van der Waals surface area contributed by atoms with Crippen LogP contribution in [0.25, 0.3) is 0 Å². The summed E-state index contributed by atoms with van der Waals surface area (Å²) in [6.07, 6.45) is 9.21. The van der Waals surface area contributed by atoms with E-state index < -0.39 is 0 Å². The second-order valence-corrected chi connectivity index (χ2v) is 5.13. The quantitative estimate of drug-likeness (QED) is 0.876. The summed E-state index contributed by atoms with van der Waals surface area (Å²) in [5.41, 5.74) is 0.698. The number of urea groups is 1. The van der Waals surface area contributed by atoms with Crippen LogP contribution < -0.4 is 10.6 Å². The first kappa shape index (κ1) is 12.7. The van der Waals surface area contributed by atoms with Crippen LogP contribution in [0, 0.1) is 5.92 Å². The standard InChI is InChI=1S/C13H18N6O/c1-18-9-11(8-16-18)17-13(20)15-7-10-2-4-19-5-3-14-12(19)6-10/h3,5,8-10H,2,4,6-7H2,1H3,(H2,15,17,20)/t10-/m0/s1. The summed E-state index contributed by atoms with van der Waals surface area (Å²) in [6.45, 7) is 1.64. The van der Waals surface area contributed by atoms with Crippen molar-refractivity contribution in [1.82, 2.24) is 24.6 Å². The molecule has 1 atom stereocenters. The summed E-state index contributed by atoms with van der Waals surface area (Å²) >= 11 is 0. The third-order valence-electron chi connectivity index (χ3n) is 3.57.